The van der Waals surface area contributed by atoms with Crippen LogP contribution in [-0.4, -0.2) is 20.4 Å². The topological polar surface area (TPSA) is 102 Å². The number of halogens is 2. The van der Waals surface area contributed by atoms with Crippen LogP contribution in [0.1, 0.15) is 28.4 Å². The van der Waals surface area contributed by atoms with E-state index in [1.54, 1.807) is 48.0 Å². The van der Waals surface area contributed by atoms with E-state index in [2.05, 4.69) is 37.1 Å². The lowest BCUT2D eigenvalue weighted by Crippen LogP contribution is -2.14. The molecule has 0 aliphatic carbocycles. The van der Waals surface area contributed by atoms with E-state index in [0.717, 1.165) is 11.1 Å². The van der Waals surface area contributed by atoms with Crippen molar-refractivity contribution in [1.29, 1.82) is 5.26 Å². The van der Waals surface area contributed by atoms with Crippen LogP contribution in [0, 0.1) is 17.1 Å². The zero-order valence-electron chi connectivity index (χ0n) is 17.6. The Morgan fingerprint density at radius 1 is 1.21 bits per heavy atom. The highest BCUT2D eigenvalue weighted by Gasteiger charge is 2.20. The molecule has 0 amide bonds. The summed E-state index contributed by atoms with van der Waals surface area (Å²) in [6.07, 6.45) is 3.21. The molecule has 10 heteroatoms. The highest BCUT2D eigenvalue weighted by atomic mass is 35.5. The number of benzene rings is 2. The Hall–Kier alpha value is -4.00. The number of H-pyrrole nitrogens is 1. The second kappa shape index (κ2) is 9.47. The average Bonchev–Trinajstić information content (AvgIpc) is 3.56. The van der Waals surface area contributed by atoms with Crippen LogP contribution < -0.4 is 10.6 Å². The molecule has 0 saturated heterocycles. The summed E-state index contributed by atoms with van der Waals surface area (Å²) in [4.78, 5) is 4.56. The van der Waals surface area contributed by atoms with Gasteiger partial charge in [0.2, 0.25) is 0 Å². The molecule has 168 valence electrons. The van der Waals surface area contributed by atoms with Crippen LogP contribution in [0.3, 0.4) is 0 Å². The van der Waals surface area contributed by atoms with Crippen molar-refractivity contribution in [3.05, 3.63) is 98.8 Å². The van der Waals surface area contributed by atoms with E-state index in [-0.39, 0.29) is 5.82 Å². The molecule has 34 heavy (non-hydrogen) atoms. The first-order chi connectivity index (χ1) is 16.6. The predicted octanol–water partition coefficient (Wildman–Crippen LogP) is 5.89. The number of aromatic amines is 1. The molecule has 0 aliphatic heterocycles. The number of nitrogens with zero attached hydrogens (tertiary/aromatic N) is 4. The van der Waals surface area contributed by atoms with Crippen LogP contribution >= 0.6 is 22.9 Å². The van der Waals surface area contributed by atoms with Crippen LogP contribution in [0.2, 0.25) is 5.02 Å². The van der Waals surface area contributed by atoms with Gasteiger partial charge in [-0.1, -0.05) is 28.9 Å². The minimum atomic E-state index is -0.444. The molecular weight excluding hydrogens is 473 g/mol. The molecule has 0 radical (unpaired) electrons. The van der Waals surface area contributed by atoms with Gasteiger partial charge in [-0.15, -0.1) is 5.10 Å². The highest BCUT2D eigenvalue weighted by Crippen LogP contribution is 2.36. The molecule has 3 heterocycles. The van der Waals surface area contributed by atoms with E-state index in [1.165, 1.54) is 12.1 Å². The molecule has 0 aliphatic rings. The van der Waals surface area contributed by atoms with Crippen molar-refractivity contribution in [2.45, 2.75) is 12.6 Å². The summed E-state index contributed by atoms with van der Waals surface area (Å²) in [5, 5.41) is 32.4. The van der Waals surface area contributed by atoms with Crippen LogP contribution in [0.25, 0.3) is 10.9 Å². The largest absolute Gasteiger partial charge is 0.379 e. The van der Waals surface area contributed by atoms with Gasteiger partial charge in [0.05, 0.1) is 28.5 Å². The van der Waals surface area contributed by atoms with Crippen LogP contribution in [-0.2, 0) is 6.54 Å². The van der Waals surface area contributed by atoms with Crippen LogP contribution in [0.5, 0.6) is 0 Å². The first-order valence-electron chi connectivity index (χ1n) is 10.3. The molecule has 0 saturated carbocycles. The van der Waals surface area contributed by atoms with Gasteiger partial charge in [-0.05, 0) is 52.2 Å². The SMILES string of the molecule is N#Cc1cnc2c(N[C@@H](c3ccc(F)cc3)c3c[nH]nn3)cc(Cl)cc2c1NCc1ccsc1. The van der Waals surface area contributed by atoms with E-state index in [4.69, 9.17) is 11.6 Å². The number of anilines is 2. The number of pyridine rings is 1. The van der Waals surface area contributed by atoms with E-state index in [0.29, 0.717) is 45.1 Å². The number of thiophene rings is 1. The number of hydrogen-bond acceptors (Lipinski definition) is 7. The molecule has 5 rings (SSSR count). The second-order valence-corrected chi connectivity index (χ2v) is 8.74. The summed E-state index contributed by atoms with van der Waals surface area (Å²) in [7, 11) is 0. The molecule has 0 spiro atoms. The molecular formula is C24H17ClFN7S. The number of fused-ring (bicyclic) bond motifs is 1. The monoisotopic (exact) mass is 489 g/mol. The molecule has 0 unspecified atom stereocenters. The summed E-state index contributed by atoms with van der Waals surface area (Å²) in [6, 6.07) is 13.5. The Bertz CT molecular complexity index is 1460. The highest BCUT2D eigenvalue weighted by molar-refractivity contribution is 7.07. The van der Waals surface area contributed by atoms with E-state index >= 15 is 0 Å². The number of nitrogens with one attached hydrogen (secondary N) is 3. The normalized spacial score (nSPS) is 11.8. The van der Waals surface area contributed by atoms with Crippen molar-refractivity contribution < 1.29 is 4.39 Å². The fourth-order valence-corrected chi connectivity index (χ4v) is 4.61. The summed E-state index contributed by atoms with van der Waals surface area (Å²) in [5.41, 5.74) is 4.86. The minimum Gasteiger partial charge on any atom is -0.379 e. The maximum absolute atomic E-state index is 13.6. The lowest BCUT2D eigenvalue weighted by atomic mass is 10.0. The summed E-state index contributed by atoms with van der Waals surface area (Å²) in [5.74, 6) is -0.331. The molecule has 3 aromatic heterocycles. The summed E-state index contributed by atoms with van der Waals surface area (Å²) < 4.78 is 13.6. The van der Waals surface area contributed by atoms with Gasteiger partial charge in [0.1, 0.15) is 17.6 Å². The third-order valence-electron chi connectivity index (χ3n) is 5.34. The molecule has 0 bridgehead atoms. The van der Waals surface area contributed by atoms with E-state index in [1.807, 2.05) is 16.8 Å². The maximum atomic E-state index is 13.6. The zero-order chi connectivity index (χ0) is 23.5. The van der Waals surface area contributed by atoms with Gasteiger partial charge in [0, 0.05) is 29.3 Å². The van der Waals surface area contributed by atoms with Crippen molar-refractivity contribution >= 4 is 45.2 Å². The van der Waals surface area contributed by atoms with Gasteiger partial charge in [-0.2, -0.15) is 16.6 Å². The van der Waals surface area contributed by atoms with Crippen molar-refractivity contribution in [3.8, 4) is 6.07 Å². The fraction of sp³-hybridized carbons (Fsp3) is 0.0833. The Kier molecular flexibility index (Phi) is 6.08. The van der Waals surface area contributed by atoms with Gasteiger partial charge in [0.25, 0.3) is 0 Å². The van der Waals surface area contributed by atoms with E-state index in [9.17, 15) is 9.65 Å². The molecule has 0 fully saturated rings. The number of hydrogen-bond donors (Lipinski definition) is 3. The van der Waals surface area contributed by atoms with Gasteiger partial charge in [-0.25, -0.2) is 4.39 Å². The Morgan fingerprint density at radius 2 is 2.06 bits per heavy atom. The smallest absolute Gasteiger partial charge is 0.123 e. The Morgan fingerprint density at radius 3 is 2.76 bits per heavy atom. The minimum absolute atomic E-state index is 0.331. The fourth-order valence-electron chi connectivity index (χ4n) is 3.73. The summed E-state index contributed by atoms with van der Waals surface area (Å²) in [6.45, 7) is 0.559. The van der Waals surface area contributed by atoms with Gasteiger partial charge >= 0.3 is 0 Å². The lowest BCUT2D eigenvalue weighted by molar-refractivity contribution is 0.626. The Labute approximate surface area is 203 Å². The third-order valence-corrected chi connectivity index (χ3v) is 6.29. The quantitative estimate of drug-likeness (QED) is 0.263. The molecule has 5 aromatic rings. The Balaban J connectivity index is 1.59. The second-order valence-electron chi connectivity index (χ2n) is 7.52. The maximum Gasteiger partial charge on any atom is 0.123 e. The zero-order valence-corrected chi connectivity index (χ0v) is 19.2. The van der Waals surface area contributed by atoms with Crippen LogP contribution in [0.15, 0.2) is 65.6 Å². The lowest BCUT2D eigenvalue weighted by Gasteiger charge is -2.20. The molecule has 3 N–H and O–H groups in total. The van der Waals surface area contributed by atoms with Crippen molar-refractivity contribution in [2.75, 3.05) is 10.6 Å². The number of nitriles is 1. The number of aromatic nitrogens is 4. The van der Waals surface area contributed by atoms with Crippen molar-refractivity contribution in [3.63, 3.8) is 0 Å². The predicted molar refractivity (Wildman–Crippen MR) is 131 cm³/mol. The molecule has 1 atom stereocenters. The van der Waals surface area contributed by atoms with E-state index < -0.39 is 6.04 Å². The number of rotatable bonds is 7. The van der Waals surface area contributed by atoms with Crippen molar-refractivity contribution in [1.82, 2.24) is 20.4 Å². The van der Waals surface area contributed by atoms with Crippen LogP contribution in [0.4, 0.5) is 15.8 Å². The molecule has 7 nitrogen and oxygen atoms in total. The average molecular weight is 490 g/mol. The summed E-state index contributed by atoms with van der Waals surface area (Å²) >= 11 is 8.12. The van der Waals surface area contributed by atoms with Gasteiger partial charge in [-0.3, -0.25) is 10.1 Å². The van der Waals surface area contributed by atoms with Crippen molar-refractivity contribution in [2.24, 2.45) is 0 Å². The first kappa shape index (κ1) is 21.8. The van der Waals surface area contributed by atoms with Gasteiger partial charge < -0.3 is 10.6 Å². The standard InChI is InChI=1S/C24H17ClFN7S/c25-17-7-19-22(28-10-14-5-6-34-13-14)16(9-27)11-29-24(19)20(8-17)31-23(21-12-30-33-32-21)15-1-3-18(26)4-2-15/h1-8,11-13,23,31H,10H2,(H,28,29)(H,30,32,33)/t23-/m0/s1. The molecule has 2 aromatic carbocycles. The third kappa shape index (κ3) is 4.41. The van der Waals surface area contributed by atoms with Gasteiger partial charge in [0.15, 0.2) is 0 Å². The first-order valence-corrected chi connectivity index (χ1v) is 11.6.